The lowest BCUT2D eigenvalue weighted by Gasteiger charge is -2.09. The van der Waals surface area contributed by atoms with E-state index in [9.17, 15) is 14.4 Å². The van der Waals surface area contributed by atoms with Crippen LogP contribution in [0.3, 0.4) is 0 Å². The number of pyridine rings is 1. The molecule has 1 rings (SSSR count). The Balaban J connectivity index is 0.000000609. The van der Waals surface area contributed by atoms with Gasteiger partial charge in [0.05, 0.1) is 12.8 Å². The monoisotopic (exact) mass is 353 g/mol. The zero-order valence-electron chi connectivity index (χ0n) is 13.9. The number of carbonyl (C=O) groups is 3. The third-order valence-corrected chi connectivity index (χ3v) is 2.55. The van der Waals surface area contributed by atoms with Gasteiger partial charge >= 0.3 is 18.0 Å². The molecule has 10 nitrogen and oxygen atoms in total. The minimum absolute atomic E-state index is 0.0181. The van der Waals surface area contributed by atoms with Gasteiger partial charge < -0.3 is 20.8 Å². The second-order valence-electron chi connectivity index (χ2n) is 4.75. The van der Waals surface area contributed by atoms with Crippen LogP contribution < -0.4 is 16.0 Å². The quantitative estimate of drug-likeness (QED) is 0.311. The highest BCUT2D eigenvalue weighted by atomic mass is 16.4. The molecule has 0 radical (unpaired) electrons. The Kier molecular flexibility index (Phi) is 11.6. The summed E-state index contributed by atoms with van der Waals surface area (Å²) in [5.41, 5.74) is 1.00. The molecule has 1 heterocycles. The van der Waals surface area contributed by atoms with Crippen LogP contribution in [0.4, 0.5) is 4.79 Å². The number of aromatic nitrogens is 1. The maximum Gasteiger partial charge on any atom is 0.321 e. The van der Waals surface area contributed by atoms with Crippen LogP contribution in [0.15, 0.2) is 24.5 Å². The average molecular weight is 353 g/mol. The predicted octanol–water partition coefficient (Wildman–Crippen LogP) is 0.751. The molecule has 25 heavy (non-hydrogen) atoms. The first-order valence-corrected chi connectivity index (χ1v) is 7.54. The fourth-order valence-electron chi connectivity index (χ4n) is 1.35. The number of guanidine groups is 1. The van der Waals surface area contributed by atoms with Crippen LogP contribution in [-0.2, 0) is 16.1 Å². The van der Waals surface area contributed by atoms with Gasteiger partial charge in [0, 0.05) is 25.5 Å². The topological polar surface area (TPSA) is 164 Å². The van der Waals surface area contributed by atoms with Crippen LogP contribution in [0.25, 0.3) is 0 Å². The molecule has 6 N–H and O–H groups in total. The molecule has 0 aromatic carbocycles. The summed E-state index contributed by atoms with van der Waals surface area (Å²) >= 11 is 0. The van der Waals surface area contributed by atoms with Crippen LogP contribution in [0.2, 0.25) is 0 Å². The van der Waals surface area contributed by atoms with Crippen LogP contribution in [0, 0.1) is 5.41 Å². The van der Waals surface area contributed by atoms with Crippen molar-refractivity contribution < 1.29 is 24.6 Å². The fraction of sp³-hybridized carbons (Fsp3) is 0.400. The van der Waals surface area contributed by atoms with E-state index in [1.54, 1.807) is 12.4 Å². The maximum absolute atomic E-state index is 11.2. The molecule has 0 atom stereocenters. The lowest BCUT2D eigenvalue weighted by molar-refractivity contribution is -0.143. The molecule has 0 saturated carbocycles. The summed E-state index contributed by atoms with van der Waals surface area (Å²) in [4.78, 5) is 34.4. The first-order chi connectivity index (χ1) is 11.8. The average Bonchev–Trinajstić information content (AvgIpc) is 2.58. The van der Waals surface area contributed by atoms with E-state index >= 15 is 0 Å². The van der Waals surface area contributed by atoms with Gasteiger partial charge in [0.25, 0.3) is 0 Å². The van der Waals surface area contributed by atoms with Crippen molar-refractivity contribution in [1.82, 2.24) is 20.9 Å². The molecular weight excluding hydrogens is 330 g/mol. The van der Waals surface area contributed by atoms with Crippen molar-refractivity contribution >= 4 is 23.9 Å². The summed E-state index contributed by atoms with van der Waals surface area (Å²) in [7, 11) is 0. The first-order valence-electron chi connectivity index (χ1n) is 7.54. The number of carbonyl (C=O) groups excluding carboxylic acids is 1. The summed E-state index contributed by atoms with van der Waals surface area (Å²) in [6.07, 6.45) is 3.64. The van der Waals surface area contributed by atoms with Gasteiger partial charge in [-0.1, -0.05) is 6.92 Å². The number of amides is 2. The van der Waals surface area contributed by atoms with E-state index in [-0.39, 0.29) is 24.8 Å². The Morgan fingerprint density at radius 1 is 1.08 bits per heavy atom. The molecule has 0 fully saturated rings. The number of carboxylic acids is 2. The normalized spacial score (nSPS) is 9.16. The van der Waals surface area contributed by atoms with Crippen LogP contribution >= 0.6 is 0 Å². The van der Waals surface area contributed by atoms with E-state index in [4.69, 9.17) is 15.6 Å². The standard InChI is InChI=1S/C11H17N5O.C4H6O4/c1-2-5-14-11(17)16-10(12)15-8-9-3-6-13-7-4-9;5-3(6)1-2-4(7)8/h3-4,6-7H,2,5,8H2,1H3,(H4,12,14,15,16,17);1-2H2,(H,5,6)(H,7,8). The SMILES string of the molecule is CCCNC(=O)NC(=N)NCc1ccncc1.O=C(O)CCC(=O)O. The third-order valence-electron chi connectivity index (χ3n) is 2.55. The Morgan fingerprint density at radius 3 is 2.12 bits per heavy atom. The van der Waals surface area contributed by atoms with Crippen molar-refractivity contribution in [1.29, 1.82) is 5.41 Å². The minimum Gasteiger partial charge on any atom is -0.481 e. The van der Waals surface area contributed by atoms with Gasteiger partial charge in [-0.2, -0.15) is 0 Å². The van der Waals surface area contributed by atoms with Crippen LogP contribution in [0.5, 0.6) is 0 Å². The number of urea groups is 1. The van der Waals surface area contributed by atoms with E-state index in [0.717, 1.165) is 12.0 Å². The Hall–Kier alpha value is -3.17. The van der Waals surface area contributed by atoms with E-state index < -0.39 is 11.9 Å². The first kappa shape index (κ1) is 21.8. The fourth-order valence-corrected chi connectivity index (χ4v) is 1.35. The van der Waals surface area contributed by atoms with E-state index in [0.29, 0.717) is 13.1 Å². The molecule has 0 bridgehead atoms. The van der Waals surface area contributed by atoms with Gasteiger partial charge in [-0.3, -0.25) is 25.3 Å². The van der Waals surface area contributed by atoms with Crippen molar-refractivity contribution in [3.05, 3.63) is 30.1 Å². The van der Waals surface area contributed by atoms with Gasteiger partial charge in [0.1, 0.15) is 0 Å². The molecule has 10 heteroatoms. The second-order valence-corrected chi connectivity index (χ2v) is 4.75. The Labute approximate surface area is 145 Å². The molecule has 1 aromatic heterocycles. The smallest absolute Gasteiger partial charge is 0.321 e. The molecule has 0 saturated heterocycles. The summed E-state index contributed by atoms with van der Waals surface area (Å²) in [6, 6.07) is 3.33. The van der Waals surface area contributed by atoms with Crippen molar-refractivity contribution in [2.75, 3.05) is 6.54 Å². The number of hydrogen-bond donors (Lipinski definition) is 6. The van der Waals surface area contributed by atoms with Crippen LogP contribution in [0.1, 0.15) is 31.7 Å². The van der Waals surface area contributed by atoms with Crippen molar-refractivity contribution in [3.63, 3.8) is 0 Å². The molecule has 1 aromatic rings. The number of hydrogen-bond acceptors (Lipinski definition) is 5. The molecule has 0 aliphatic heterocycles. The highest BCUT2D eigenvalue weighted by Gasteiger charge is 2.02. The number of aliphatic carboxylic acids is 2. The maximum atomic E-state index is 11.2. The van der Waals surface area contributed by atoms with Gasteiger partial charge in [-0.15, -0.1) is 0 Å². The molecule has 0 spiro atoms. The summed E-state index contributed by atoms with van der Waals surface area (Å²) in [5, 5.41) is 31.1. The zero-order chi connectivity index (χ0) is 19.1. The third kappa shape index (κ3) is 14.2. The van der Waals surface area contributed by atoms with Crippen molar-refractivity contribution in [2.45, 2.75) is 32.7 Å². The number of rotatable bonds is 7. The largest absolute Gasteiger partial charge is 0.481 e. The molecule has 0 unspecified atom stereocenters. The highest BCUT2D eigenvalue weighted by Crippen LogP contribution is 1.94. The Morgan fingerprint density at radius 2 is 1.64 bits per heavy atom. The van der Waals surface area contributed by atoms with E-state index in [1.807, 2.05) is 19.1 Å². The summed E-state index contributed by atoms with van der Waals surface area (Å²) in [5.74, 6) is -2.17. The van der Waals surface area contributed by atoms with Gasteiger partial charge in [0.2, 0.25) is 0 Å². The lowest BCUT2D eigenvalue weighted by Crippen LogP contribution is -2.45. The number of carboxylic acid groups (broad SMARTS) is 2. The lowest BCUT2D eigenvalue weighted by atomic mass is 10.3. The molecule has 2 amide bonds. The second kappa shape index (κ2) is 13.3. The van der Waals surface area contributed by atoms with E-state index in [2.05, 4.69) is 20.9 Å². The number of nitrogens with one attached hydrogen (secondary N) is 4. The molecular formula is C15H23N5O5. The minimum atomic E-state index is -1.08. The van der Waals surface area contributed by atoms with Crippen molar-refractivity contribution in [3.8, 4) is 0 Å². The van der Waals surface area contributed by atoms with E-state index in [1.165, 1.54) is 0 Å². The highest BCUT2D eigenvalue weighted by molar-refractivity contribution is 5.94. The van der Waals surface area contributed by atoms with Gasteiger partial charge in [0.15, 0.2) is 5.96 Å². The van der Waals surface area contributed by atoms with Crippen LogP contribution in [-0.4, -0.2) is 45.7 Å². The molecule has 0 aliphatic carbocycles. The summed E-state index contributed by atoms with van der Waals surface area (Å²) < 4.78 is 0. The Bertz CT molecular complexity index is 551. The zero-order valence-corrected chi connectivity index (χ0v) is 13.9. The van der Waals surface area contributed by atoms with Gasteiger partial charge in [-0.05, 0) is 24.1 Å². The van der Waals surface area contributed by atoms with Gasteiger partial charge in [-0.25, -0.2) is 4.79 Å². The predicted molar refractivity (Wildman–Crippen MR) is 90.1 cm³/mol. The molecule has 138 valence electrons. The summed E-state index contributed by atoms with van der Waals surface area (Å²) in [6.45, 7) is 3.05. The molecule has 0 aliphatic rings. The van der Waals surface area contributed by atoms with Crippen molar-refractivity contribution in [2.24, 2.45) is 0 Å². The number of nitrogens with zero attached hydrogens (tertiary/aromatic N) is 1.